The van der Waals surface area contributed by atoms with Gasteiger partial charge in [0.2, 0.25) is 0 Å². The molecule has 0 heterocycles. The Kier molecular flexibility index (Phi) is 3.07. The lowest BCUT2D eigenvalue weighted by atomic mass is 9.62. The van der Waals surface area contributed by atoms with Gasteiger partial charge in [0.1, 0.15) is 0 Å². The Hall–Kier alpha value is -0.820. The van der Waals surface area contributed by atoms with Crippen molar-refractivity contribution in [3.63, 3.8) is 0 Å². The maximum absolute atomic E-state index is 11.1. The van der Waals surface area contributed by atoms with Crippen molar-refractivity contribution in [2.75, 3.05) is 0 Å². The number of aryl methyl sites for hydroxylation is 2. The van der Waals surface area contributed by atoms with E-state index >= 15 is 0 Å². The van der Waals surface area contributed by atoms with Crippen LogP contribution in [0.5, 0.6) is 0 Å². The second-order valence-corrected chi connectivity index (χ2v) is 6.33. The Morgan fingerprint density at radius 2 is 1.47 bits per heavy atom. The van der Waals surface area contributed by atoms with Crippen LogP contribution in [0.3, 0.4) is 0 Å². The van der Waals surface area contributed by atoms with E-state index < -0.39 is 5.60 Å². The number of aliphatic hydroxyl groups is 1. The van der Waals surface area contributed by atoms with Gasteiger partial charge in [-0.2, -0.15) is 0 Å². The molecule has 1 aliphatic carbocycles. The number of hydrogen-bond donors (Lipinski definition) is 1. The molecule has 1 aromatic carbocycles. The molecular weight excluding hydrogens is 208 g/mol. The van der Waals surface area contributed by atoms with E-state index in [2.05, 4.69) is 45.9 Å². The van der Waals surface area contributed by atoms with E-state index in [1.165, 1.54) is 17.5 Å². The molecule has 0 aliphatic heterocycles. The Morgan fingerprint density at radius 3 is 2.00 bits per heavy atom. The van der Waals surface area contributed by atoms with Crippen LogP contribution in [-0.4, -0.2) is 5.11 Å². The van der Waals surface area contributed by atoms with Gasteiger partial charge < -0.3 is 5.11 Å². The molecule has 0 spiro atoms. The summed E-state index contributed by atoms with van der Waals surface area (Å²) in [6.07, 6.45) is 4.37. The average molecular weight is 232 g/mol. The quantitative estimate of drug-likeness (QED) is 0.773. The van der Waals surface area contributed by atoms with Gasteiger partial charge in [-0.3, -0.25) is 0 Å². The van der Waals surface area contributed by atoms with Crippen molar-refractivity contribution in [1.82, 2.24) is 0 Å². The van der Waals surface area contributed by atoms with Gasteiger partial charge >= 0.3 is 0 Å². The second kappa shape index (κ2) is 4.13. The monoisotopic (exact) mass is 232 g/mol. The molecule has 0 amide bonds. The standard InChI is InChI=1S/C16H24O/c1-12-9-13(2)11-14(10-12)16(17)8-6-5-7-15(16,3)4/h9-11,17H,5-8H2,1-4H3. The molecule has 1 aliphatic rings. The van der Waals surface area contributed by atoms with Gasteiger partial charge in [-0.1, -0.05) is 56.0 Å². The van der Waals surface area contributed by atoms with Crippen LogP contribution in [0.1, 0.15) is 56.2 Å². The third-order valence-electron chi connectivity index (χ3n) is 4.41. The zero-order valence-corrected chi connectivity index (χ0v) is 11.5. The molecule has 1 nitrogen and oxygen atoms in total. The highest BCUT2D eigenvalue weighted by Crippen LogP contribution is 2.50. The van der Waals surface area contributed by atoms with Crippen LogP contribution < -0.4 is 0 Å². The summed E-state index contributed by atoms with van der Waals surface area (Å²) in [5.74, 6) is 0. The molecular formula is C16H24O. The molecule has 1 atom stereocenters. The van der Waals surface area contributed by atoms with E-state index in [1.807, 2.05) is 0 Å². The van der Waals surface area contributed by atoms with Crippen LogP contribution in [-0.2, 0) is 5.60 Å². The summed E-state index contributed by atoms with van der Waals surface area (Å²) in [4.78, 5) is 0. The van der Waals surface area contributed by atoms with Crippen LogP contribution in [0, 0.1) is 19.3 Å². The minimum Gasteiger partial charge on any atom is -0.385 e. The molecule has 94 valence electrons. The smallest absolute Gasteiger partial charge is 0.0947 e. The predicted octanol–water partition coefficient (Wildman–Crippen LogP) is 4.09. The zero-order chi connectivity index (χ0) is 12.7. The first kappa shape index (κ1) is 12.6. The molecule has 1 aromatic rings. The first-order chi connectivity index (χ1) is 7.85. The van der Waals surface area contributed by atoms with Crippen molar-refractivity contribution in [1.29, 1.82) is 0 Å². The summed E-state index contributed by atoms with van der Waals surface area (Å²) in [6.45, 7) is 8.61. The molecule has 1 fully saturated rings. The maximum Gasteiger partial charge on any atom is 0.0947 e. The van der Waals surface area contributed by atoms with Crippen molar-refractivity contribution in [3.05, 3.63) is 34.9 Å². The predicted molar refractivity (Wildman–Crippen MR) is 72.1 cm³/mol. The summed E-state index contributed by atoms with van der Waals surface area (Å²) < 4.78 is 0. The third kappa shape index (κ3) is 2.13. The van der Waals surface area contributed by atoms with Gasteiger partial charge in [0.05, 0.1) is 5.60 Å². The molecule has 0 aromatic heterocycles. The minimum atomic E-state index is -0.651. The maximum atomic E-state index is 11.1. The van der Waals surface area contributed by atoms with E-state index in [0.717, 1.165) is 24.8 Å². The van der Waals surface area contributed by atoms with Crippen LogP contribution in [0.25, 0.3) is 0 Å². The highest BCUT2D eigenvalue weighted by atomic mass is 16.3. The first-order valence-electron chi connectivity index (χ1n) is 6.66. The van der Waals surface area contributed by atoms with Crippen LogP contribution in [0.15, 0.2) is 18.2 Å². The molecule has 0 radical (unpaired) electrons. The Bertz CT molecular complexity index is 399. The average Bonchev–Trinajstić information content (AvgIpc) is 2.21. The summed E-state index contributed by atoms with van der Waals surface area (Å²) in [7, 11) is 0. The van der Waals surface area contributed by atoms with E-state index in [0.29, 0.717) is 0 Å². The number of benzene rings is 1. The second-order valence-electron chi connectivity index (χ2n) is 6.33. The number of hydrogen-bond acceptors (Lipinski definition) is 1. The lowest BCUT2D eigenvalue weighted by molar-refractivity contribution is -0.104. The third-order valence-corrected chi connectivity index (χ3v) is 4.41. The van der Waals surface area contributed by atoms with E-state index in [1.54, 1.807) is 0 Å². The summed E-state index contributed by atoms with van der Waals surface area (Å²) in [6, 6.07) is 6.48. The van der Waals surface area contributed by atoms with Crippen LogP contribution in [0.4, 0.5) is 0 Å². The van der Waals surface area contributed by atoms with E-state index in [4.69, 9.17) is 0 Å². The molecule has 0 saturated heterocycles. The normalized spacial score (nSPS) is 28.1. The molecule has 1 heteroatoms. The van der Waals surface area contributed by atoms with Gasteiger partial charge in [0.15, 0.2) is 0 Å². The molecule has 1 saturated carbocycles. The fraction of sp³-hybridized carbons (Fsp3) is 0.625. The Balaban J connectivity index is 2.49. The lowest BCUT2D eigenvalue weighted by Crippen LogP contribution is -2.44. The van der Waals surface area contributed by atoms with E-state index in [-0.39, 0.29) is 5.41 Å². The van der Waals surface area contributed by atoms with Gasteiger partial charge in [-0.25, -0.2) is 0 Å². The largest absolute Gasteiger partial charge is 0.385 e. The van der Waals surface area contributed by atoms with Gasteiger partial charge in [-0.05, 0) is 37.7 Å². The first-order valence-corrected chi connectivity index (χ1v) is 6.66. The summed E-state index contributed by atoms with van der Waals surface area (Å²) in [5, 5.41) is 11.1. The van der Waals surface area contributed by atoms with Gasteiger partial charge in [0.25, 0.3) is 0 Å². The van der Waals surface area contributed by atoms with Gasteiger partial charge in [-0.15, -0.1) is 0 Å². The van der Waals surface area contributed by atoms with E-state index in [9.17, 15) is 5.11 Å². The van der Waals surface area contributed by atoms with Crippen molar-refractivity contribution in [2.24, 2.45) is 5.41 Å². The van der Waals surface area contributed by atoms with Crippen molar-refractivity contribution < 1.29 is 5.11 Å². The minimum absolute atomic E-state index is 0.0223. The summed E-state index contributed by atoms with van der Waals surface area (Å²) >= 11 is 0. The highest BCUT2D eigenvalue weighted by Gasteiger charge is 2.46. The molecule has 2 rings (SSSR count). The Labute approximate surface area is 105 Å². The molecule has 17 heavy (non-hydrogen) atoms. The fourth-order valence-electron chi connectivity index (χ4n) is 3.24. The van der Waals surface area contributed by atoms with Crippen molar-refractivity contribution in [3.8, 4) is 0 Å². The molecule has 1 N–H and O–H groups in total. The van der Waals surface area contributed by atoms with Crippen molar-refractivity contribution in [2.45, 2.75) is 59.0 Å². The zero-order valence-electron chi connectivity index (χ0n) is 11.5. The summed E-state index contributed by atoms with van der Waals surface area (Å²) in [5.41, 5.74) is 2.93. The van der Waals surface area contributed by atoms with Crippen LogP contribution >= 0.6 is 0 Å². The highest BCUT2D eigenvalue weighted by molar-refractivity contribution is 5.34. The number of rotatable bonds is 1. The topological polar surface area (TPSA) is 20.2 Å². The molecule has 0 bridgehead atoms. The van der Waals surface area contributed by atoms with Crippen molar-refractivity contribution >= 4 is 0 Å². The fourth-order valence-corrected chi connectivity index (χ4v) is 3.24. The Morgan fingerprint density at radius 1 is 0.941 bits per heavy atom. The molecule has 1 unspecified atom stereocenters. The SMILES string of the molecule is Cc1cc(C)cc(C2(O)CCCCC2(C)C)c1. The lowest BCUT2D eigenvalue weighted by Gasteiger charge is -2.47. The van der Waals surface area contributed by atoms with Gasteiger partial charge in [0, 0.05) is 0 Å². The van der Waals surface area contributed by atoms with Crippen LogP contribution in [0.2, 0.25) is 0 Å².